The average molecular weight is 369 g/mol. The quantitative estimate of drug-likeness (QED) is 0.579. The summed E-state index contributed by atoms with van der Waals surface area (Å²) in [4.78, 5) is 0. The van der Waals surface area contributed by atoms with E-state index >= 15 is 0 Å². The van der Waals surface area contributed by atoms with Crippen molar-refractivity contribution >= 4 is 0 Å². The van der Waals surface area contributed by atoms with Gasteiger partial charge in [-0.05, 0) is 56.1 Å². The van der Waals surface area contributed by atoms with Gasteiger partial charge < -0.3 is 9.47 Å². The predicted octanol–water partition coefficient (Wildman–Crippen LogP) is 5.92. The second-order valence-corrected chi connectivity index (χ2v) is 8.19. The lowest BCUT2D eigenvalue weighted by molar-refractivity contribution is -0.0543. The van der Waals surface area contributed by atoms with Crippen LogP contribution in [0, 0.1) is 17.8 Å². The van der Waals surface area contributed by atoms with Crippen molar-refractivity contribution in [2.24, 2.45) is 17.8 Å². The first-order chi connectivity index (χ1) is 12.6. The molecule has 0 spiro atoms. The van der Waals surface area contributed by atoms with E-state index in [0.29, 0.717) is 30.8 Å². The molecule has 26 heavy (non-hydrogen) atoms. The number of alkyl halides is 2. The molecule has 4 atom stereocenters. The Morgan fingerprint density at radius 1 is 1.00 bits per heavy atom. The van der Waals surface area contributed by atoms with Gasteiger partial charge in [-0.25, -0.2) is 8.78 Å². The van der Waals surface area contributed by atoms with Gasteiger partial charge in [-0.1, -0.05) is 38.7 Å². The standard InChI is InChI=1S/C22H34F2O2/c1-3-5-15-6-8-16(9-7-15)19-12-10-17(14-26-19)18-11-13-20(25-4-2)22(24)21(18)23/h11,13,15-17,19,21-22H,3-10,12,14H2,1-2H3. The molecule has 0 bridgehead atoms. The third kappa shape index (κ3) is 4.49. The number of hydrogen-bond donors (Lipinski definition) is 0. The summed E-state index contributed by atoms with van der Waals surface area (Å²) in [6, 6.07) is 0. The highest BCUT2D eigenvalue weighted by atomic mass is 19.2. The minimum Gasteiger partial charge on any atom is -0.495 e. The van der Waals surface area contributed by atoms with Crippen molar-refractivity contribution in [2.45, 2.75) is 83.7 Å². The maximum absolute atomic E-state index is 14.5. The molecule has 0 radical (unpaired) electrons. The van der Waals surface area contributed by atoms with E-state index in [-0.39, 0.29) is 11.7 Å². The smallest absolute Gasteiger partial charge is 0.192 e. The Labute approximate surface area is 157 Å². The second kappa shape index (κ2) is 9.34. The summed E-state index contributed by atoms with van der Waals surface area (Å²) >= 11 is 0. The van der Waals surface area contributed by atoms with Crippen molar-refractivity contribution in [3.8, 4) is 0 Å². The van der Waals surface area contributed by atoms with Gasteiger partial charge in [-0.15, -0.1) is 0 Å². The van der Waals surface area contributed by atoms with Crippen molar-refractivity contribution in [1.29, 1.82) is 0 Å². The Balaban J connectivity index is 1.51. The maximum atomic E-state index is 14.5. The number of halogens is 2. The molecule has 1 aliphatic heterocycles. The molecule has 0 aromatic carbocycles. The van der Waals surface area contributed by atoms with Gasteiger partial charge in [0.25, 0.3) is 0 Å². The summed E-state index contributed by atoms with van der Waals surface area (Å²) in [5.74, 6) is 1.67. The Morgan fingerprint density at radius 2 is 1.77 bits per heavy atom. The van der Waals surface area contributed by atoms with E-state index in [9.17, 15) is 8.78 Å². The molecule has 2 aliphatic carbocycles. The van der Waals surface area contributed by atoms with Crippen LogP contribution in [0.25, 0.3) is 0 Å². The summed E-state index contributed by atoms with van der Waals surface area (Å²) in [7, 11) is 0. The van der Waals surface area contributed by atoms with Crippen LogP contribution in [-0.4, -0.2) is 31.7 Å². The number of hydrogen-bond acceptors (Lipinski definition) is 2. The molecule has 3 rings (SSSR count). The first-order valence-corrected chi connectivity index (χ1v) is 10.6. The third-order valence-corrected chi connectivity index (χ3v) is 6.49. The zero-order chi connectivity index (χ0) is 18.5. The average Bonchev–Trinajstić information content (AvgIpc) is 2.67. The molecule has 2 nitrogen and oxygen atoms in total. The van der Waals surface area contributed by atoms with E-state index in [1.165, 1.54) is 38.5 Å². The first kappa shape index (κ1) is 19.9. The molecule has 148 valence electrons. The van der Waals surface area contributed by atoms with Gasteiger partial charge >= 0.3 is 0 Å². The number of rotatable bonds is 6. The molecule has 4 heteroatoms. The van der Waals surface area contributed by atoms with Crippen LogP contribution >= 0.6 is 0 Å². The van der Waals surface area contributed by atoms with Crippen LogP contribution < -0.4 is 0 Å². The third-order valence-electron chi connectivity index (χ3n) is 6.49. The predicted molar refractivity (Wildman–Crippen MR) is 100 cm³/mol. The molecule has 1 heterocycles. The summed E-state index contributed by atoms with van der Waals surface area (Å²) in [6.45, 7) is 4.93. The highest BCUT2D eigenvalue weighted by Gasteiger charge is 2.38. The van der Waals surface area contributed by atoms with Crippen LogP contribution in [0.1, 0.15) is 65.2 Å². The molecule has 3 aliphatic rings. The van der Waals surface area contributed by atoms with Gasteiger partial charge in [0, 0.05) is 5.92 Å². The molecule has 0 amide bonds. The highest BCUT2D eigenvalue weighted by molar-refractivity contribution is 5.31. The van der Waals surface area contributed by atoms with E-state index in [1.54, 1.807) is 19.1 Å². The lowest BCUT2D eigenvalue weighted by Gasteiger charge is -2.39. The van der Waals surface area contributed by atoms with Crippen molar-refractivity contribution in [3.05, 3.63) is 23.5 Å². The maximum Gasteiger partial charge on any atom is 0.192 e. The normalized spacial score (nSPS) is 38.5. The largest absolute Gasteiger partial charge is 0.495 e. The van der Waals surface area contributed by atoms with E-state index in [1.807, 2.05) is 0 Å². The summed E-state index contributed by atoms with van der Waals surface area (Å²) in [5.41, 5.74) is 0.547. The fourth-order valence-corrected chi connectivity index (χ4v) is 4.99. The van der Waals surface area contributed by atoms with E-state index < -0.39 is 12.3 Å². The molecule has 1 saturated heterocycles. The summed E-state index contributed by atoms with van der Waals surface area (Å²) in [6.07, 6.45) is 10.0. The van der Waals surface area contributed by atoms with Gasteiger partial charge in [0.2, 0.25) is 0 Å². The topological polar surface area (TPSA) is 18.5 Å². The van der Waals surface area contributed by atoms with Crippen molar-refractivity contribution in [2.75, 3.05) is 13.2 Å². The Kier molecular flexibility index (Phi) is 7.13. The molecule has 0 N–H and O–H groups in total. The summed E-state index contributed by atoms with van der Waals surface area (Å²) < 4.78 is 40.1. The number of ether oxygens (including phenoxy) is 2. The molecular weight excluding hydrogens is 334 g/mol. The van der Waals surface area contributed by atoms with E-state index in [0.717, 1.165) is 18.8 Å². The molecule has 2 fully saturated rings. The van der Waals surface area contributed by atoms with Crippen LogP contribution in [0.15, 0.2) is 23.5 Å². The van der Waals surface area contributed by atoms with Crippen LogP contribution in [0.2, 0.25) is 0 Å². The van der Waals surface area contributed by atoms with Crippen LogP contribution in [-0.2, 0) is 9.47 Å². The molecule has 4 unspecified atom stereocenters. The minimum absolute atomic E-state index is 0.00430. The Morgan fingerprint density at radius 3 is 2.38 bits per heavy atom. The fourth-order valence-electron chi connectivity index (χ4n) is 4.99. The van der Waals surface area contributed by atoms with Gasteiger partial charge in [0.15, 0.2) is 12.3 Å². The zero-order valence-corrected chi connectivity index (χ0v) is 16.3. The SMILES string of the molecule is CCCC1CCC(C2CCC(C3=CC=C(OCC)C(F)C3F)CO2)CC1. The van der Waals surface area contributed by atoms with Crippen LogP contribution in [0.4, 0.5) is 8.78 Å². The number of allylic oxidation sites excluding steroid dienone is 3. The molecular formula is C22H34F2O2. The Hall–Kier alpha value is -0.900. The zero-order valence-electron chi connectivity index (χ0n) is 16.3. The van der Waals surface area contributed by atoms with Gasteiger partial charge in [0.05, 0.1) is 19.3 Å². The fraction of sp³-hybridized carbons (Fsp3) is 0.818. The van der Waals surface area contributed by atoms with E-state index in [2.05, 4.69) is 6.92 Å². The van der Waals surface area contributed by atoms with Gasteiger partial charge in [-0.2, -0.15) is 0 Å². The lowest BCUT2D eigenvalue weighted by Crippen LogP contribution is -2.37. The van der Waals surface area contributed by atoms with Crippen molar-refractivity contribution < 1.29 is 18.3 Å². The van der Waals surface area contributed by atoms with E-state index in [4.69, 9.17) is 9.47 Å². The van der Waals surface area contributed by atoms with Crippen LogP contribution in [0.3, 0.4) is 0 Å². The minimum atomic E-state index is -1.68. The first-order valence-electron chi connectivity index (χ1n) is 10.6. The second-order valence-electron chi connectivity index (χ2n) is 8.19. The molecule has 0 aromatic rings. The van der Waals surface area contributed by atoms with Gasteiger partial charge in [0.1, 0.15) is 5.76 Å². The monoisotopic (exact) mass is 368 g/mol. The van der Waals surface area contributed by atoms with Crippen molar-refractivity contribution in [3.63, 3.8) is 0 Å². The molecule has 0 aromatic heterocycles. The summed E-state index contributed by atoms with van der Waals surface area (Å²) in [5, 5.41) is 0. The van der Waals surface area contributed by atoms with Gasteiger partial charge in [-0.3, -0.25) is 0 Å². The van der Waals surface area contributed by atoms with Crippen LogP contribution in [0.5, 0.6) is 0 Å². The molecule has 1 saturated carbocycles. The van der Waals surface area contributed by atoms with Crippen molar-refractivity contribution in [1.82, 2.24) is 0 Å². The lowest BCUT2D eigenvalue weighted by atomic mass is 9.75. The Bertz CT molecular complexity index is 500. The highest BCUT2D eigenvalue weighted by Crippen LogP contribution is 2.40.